The lowest BCUT2D eigenvalue weighted by atomic mass is 10.2. The van der Waals surface area contributed by atoms with E-state index < -0.39 is 0 Å². The minimum atomic E-state index is -0.278. The Morgan fingerprint density at radius 1 is 1.00 bits per heavy atom. The van der Waals surface area contributed by atoms with Crippen molar-refractivity contribution in [1.29, 1.82) is 0 Å². The van der Waals surface area contributed by atoms with Crippen molar-refractivity contribution in [2.45, 2.75) is 42.7 Å². The number of carbonyl (C=O) groups excluding carboxylic acids is 2. The smallest absolute Gasteiger partial charge is 0.251 e. The van der Waals surface area contributed by atoms with E-state index in [0.29, 0.717) is 49.8 Å². The number of halogens is 2. The van der Waals surface area contributed by atoms with Gasteiger partial charge in [0.2, 0.25) is 11.0 Å². The molecule has 0 radical (unpaired) electrons. The van der Waals surface area contributed by atoms with Crippen LogP contribution in [0.2, 0.25) is 10.0 Å². The SMILES string of the molecule is CCCCOc1ccc(C(=O)NCc2nnc(SCC(=O)Nc3nnc(SCC)s3)n2-c2ccc(Cl)c(Cl)c2)cc1. The number of ether oxygens (including phenoxy) is 1. The number of aromatic nitrogens is 5. The zero-order chi connectivity index (χ0) is 29.2. The summed E-state index contributed by atoms with van der Waals surface area (Å²) in [5, 5.41) is 23.9. The summed E-state index contributed by atoms with van der Waals surface area (Å²) in [6, 6.07) is 12.1. The predicted octanol–water partition coefficient (Wildman–Crippen LogP) is 6.38. The number of amides is 2. The minimum Gasteiger partial charge on any atom is -0.494 e. The monoisotopic (exact) mass is 651 g/mol. The summed E-state index contributed by atoms with van der Waals surface area (Å²) in [7, 11) is 0. The molecule has 2 N–H and O–H groups in total. The first-order valence-electron chi connectivity index (χ1n) is 12.7. The van der Waals surface area contributed by atoms with Crippen molar-refractivity contribution in [2.75, 3.05) is 23.4 Å². The highest BCUT2D eigenvalue weighted by Gasteiger charge is 2.18. The fraction of sp³-hybridized carbons (Fsp3) is 0.308. The molecule has 0 atom stereocenters. The van der Waals surface area contributed by atoms with E-state index in [4.69, 9.17) is 27.9 Å². The van der Waals surface area contributed by atoms with Crippen molar-refractivity contribution in [2.24, 2.45) is 0 Å². The molecule has 4 aromatic rings. The van der Waals surface area contributed by atoms with Crippen LogP contribution in [0.25, 0.3) is 5.69 Å². The number of carbonyl (C=O) groups is 2. The molecule has 0 bridgehead atoms. The number of nitrogens with one attached hydrogen (secondary N) is 2. The van der Waals surface area contributed by atoms with Gasteiger partial charge in [-0.05, 0) is 54.6 Å². The van der Waals surface area contributed by atoms with Crippen LogP contribution >= 0.6 is 58.1 Å². The summed E-state index contributed by atoms with van der Waals surface area (Å²) in [5.41, 5.74) is 1.12. The van der Waals surface area contributed by atoms with Gasteiger partial charge in [-0.2, -0.15) is 0 Å². The molecule has 4 rings (SSSR count). The van der Waals surface area contributed by atoms with E-state index >= 15 is 0 Å². The van der Waals surface area contributed by atoms with Crippen LogP contribution in [0.15, 0.2) is 52.0 Å². The zero-order valence-electron chi connectivity index (χ0n) is 22.2. The van der Waals surface area contributed by atoms with Crippen molar-refractivity contribution < 1.29 is 14.3 Å². The second-order valence-corrected chi connectivity index (χ2v) is 12.6. The average Bonchev–Trinajstić information content (AvgIpc) is 3.59. The lowest BCUT2D eigenvalue weighted by Crippen LogP contribution is -2.24. The highest BCUT2D eigenvalue weighted by molar-refractivity contribution is 8.01. The summed E-state index contributed by atoms with van der Waals surface area (Å²) >= 11 is 16.5. The Balaban J connectivity index is 1.45. The van der Waals surface area contributed by atoms with Crippen molar-refractivity contribution in [1.82, 2.24) is 30.3 Å². The number of hydrogen-bond acceptors (Lipinski definition) is 10. The van der Waals surface area contributed by atoms with Gasteiger partial charge in [0.1, 0.15) is 5.75 Å². The Hall–Kier alpha value is -2.84. The Bertz CT molecular complexity index is 1480. The molecule has 0 aliphatic carbocycles. The molecular weight excluding hydrogens is 625 g/mol. The van der Waals surface area contributed by atoms with Crippen LogP contribution in [0.4, 0.5) is 5.13 Å². The van der Waals surface area contributed by atoms with Crippen LogP contribution in [0.3, 0.4) is 0 Å². The lowest BCUT2D eigenvalue weighted by Gasteiger charge is -2.12. The summed E-state index contributed by atoms with van der Waals surface area (Å²) in [5.74, 6) is 1.54. The fourth-order valence-corrected chi connectivity index (χ4v) is 6.15. The van der Waals surface area contributed by atoms with Crippen LogP contribution in [0.5, 0.6) is 5.75 Å². The Morgan fingerprint density at radius 2 is 1.80 bits per heavy atom. The van der Waals surface area contributed by atoms with E-state index in [-0.39, 0.29) is 24.1 Å². The summed E-state index contributed by atoms with van der Waals surface area (Å²) in [6.45, 7) is 4.83. The van der Waals surface area contributed by atoms with E-state index in [1.807, 2.05) is 6.92 Å². The van der Waals surface area contributed by atoms with Gasteiger partial charge in [-0.25, -0.2) is 0 Å². The Labute approximate surface area is 260 Å². The number of thioether (sulfide) groups is 2. The molecule has 2 amide bonds. The van der Waals surface area contributed by atoms with E-state index in [0.717, 1.165) is 22.9 Å². The molecular formula is C26H27Cl2N7O3S3. The number of anilines is 1. The van der Waals surface area contributed by atoms with Gasteiger partial charge in [0, 0.05) is 5.56 Å². The Kier molecular flexibility index (Phi) is 11.7. The van der Waals surface area contributed by atoms with E-state index in [1.165, 1.54) is 23.1 Å². The molecule has 0 aliphatic rings. The van der Waals surface area contributed by atoms with Gasteiger partial charge < -0.3 is 10.1 Å². The molecule has 2 aromatic carbocycles. The number of nitrogens with zero attached hydrogens (tertiary/aromatic N) is 5. The molecule has 0 fully saturated rings. The van der Waals surface area contributed by atoms with Gasteiger partial charge in [0.15, 0.2) is 15.3 Å². The summed E-state index contributed by atoms with van der Waals surface area (Å²) < 4.78 is 8.19. The molecule has 10 nitrogen and oxygen atoms in total. The molecule has 2 heterocycles. The highest BCUT2D eigenvalue weighted by Crippen LogP contribution is 2.29. The van der Waals surface area contributed by atoms with Gasteiger partial charge in [-0.1, -0.05) is 78.3 Å². The number of rotatable bonds is 14. The first kappa shape index (κ1) is 31.1. The van der Waals surface area contributed by atoms with Gasteiger partial charge in [-0.3, -0.25) is 19.5 Å². The fourth-order valence-electron chi connectivity index (χ4n) is 3.42. The number of unbranched alkanes of at least 4 members (excludes halogenated alkanes) is 1. The maximum atomic E-state index is 12.9. The number of benzene rings is 2. The van der Waals surface area contributed by atoms with Crippen LogP contribution in [-0.2, 0) is 11.3 Å². The van der Waals surface area contributed by atoms with E-state index in [9.17, 15) is 9.59 Å². The lowest BCUT2D eigenvalue weighted by molar-refractivity contribution is -0.113. The molecule has 0 spiro atoms. The van der Waals surface area contributed by atoms with Gasteiger partial charge in [-0.15, -0.1) is 20.4 Å². The summed E-state index contributed by atoms with van der Waals surface area (Å²) in [6.07, 6.45) is 2.01. The van der Waals surface area contributed by atoms with E-state index in [1.54, 1.807) is 58.8 Å². The van der Waals surface area contributed by atoms with Crippen molar-refractivity contribution in [3.05, 3.63) is 63.9 Å². The third-order valence-corrected chi connectivity index (χ3v) is 8.93. The molecule has 0 saturated carbocycles. The third-order valence-electron chi connectivity index (χ3n) is 5.40. The van der Waals surface area contributed by atoms with Gasteiger partial charge in [0.25, 0.3) is 5.91 Å². The molecule has 2 aromatic heterocycles. The molecule has 216 valence electrons. The number of hydrogen-bond donors (Lipinski definition) is 2. The zero-order valence-corrected chi connectivity index (χ0v) is 26.2. The van der Waals surface area contributed by atoms with Crippen molar-refractivity contribution in [3.63, 3.8) is 0 Å². The Morgan fingerprint density at radius 3 is 2.54 bits per heavy atom. The maximum absolute atomic E-state index is 12.9. The first-order valence-corrected chi connectivity index (χ1v) is 16.2. The van der Waals surface area contributed by atoms with Crippen molar-refractivity contribution in [3.8, 4) is 11.4 Å². The molecule has 0 saturated heterocycles. The normalized spacial score (nSPS) is 10.9. The largest absolute Gasteiger partial charge is 0.494 e. The third kappa shape index (κ3) is 8.82. The molecule has 15 heteroatoms. The highest BCUT2D eigenvalue weighted by atomic mass is 35.5. The standard InChI is InChI=1S/C26H27Cl2N7O3S3/c1-3-5-12-38-18-9-6-16(7-10-18)23(37)29-14-21-31-33-25(35(21)17-8-11-19(27)20(28)13-17)40-15-22(36)30-24-32-34-26(41-24)39-4-2/h6-11,13H,3-5,12,14-15H2,1-2H3,(H,29,37)(H,30,32,36). The van der Waals surface area contributed by atoms with Crippen LogP contribution < -0.4 is 15.4 Å². The van der Waals surface area contributed by atoms with Crippen LogP contribution in [-0.4, -0.2) is 54.9 Å². The minimum absolute atomic E-state index is 0.0499. The van der Waals surface area contributed by atoms with Crippen LogP contribution in [0.1, 0.15) is 42.9 Å². The van der Waals surface area contributed by atoms with E-state index in [2.05, 4.69) is 38.0 Å². The van der Waals surface area contributed by atoms with Crippen molar-refractivity contribution >= 4 is 75.0 Å². The second kappa shape index (κ2) is 15.4. The topological polar surface area (TPSA) is 124 Å². The summed E-state index contributed by atoms with van der Waals surface area (Å²) in [4.78, 5) is 25.5. The molecule has 41 heavy (non-hydrogen) atoms. The van der Waals surface area contributed by atoms with Gasteiger partial charge >= 0.3 is 0 Å². The maximum Gasteiger partial charge on any atom is 0.251 e. The second-order valence-electron chi connectivity index (χ2n) is 8.38. The predicted molar refractivity (Wildman–Crippen MR) is 165 cm³/mol. The van der Waals surface area contributed by atoms with Gasteiger partial charge in [0.05, 0.1) is 34.6 Å². The average molecular weight is 653 g/mol. The molecule has 0 unspecified atom stereocenters. The van der Waals surface area contributed by atoms with Crippen LogP contribution in [0, 0.1) is 0 Å². The first-order chi connectivity index (χ1) is 19.9. The quantitative estimate of drug-likeness (QED) is 0.0908. The molecule has 0 aliphatic heterocycles.